The smallest absolute Gasteiger partial charge is 0.191 e. The molecular formula is C26H37IN6O. The molecule has 0 atom stereocenters. The molecule has 0 unspecified atom stereocenters. The van der Waals surface area contributed by atoms with E-state index in [1.807, 2.05) is 42.8 Å². The quantitative estimate of drug-likeness (QED) is 0.158. The summed E-state index contributed by atoms with van der Waals surface area (Å²) in [6.45, 7) is 8.36. The largest absolute Gasteiger partial charge is 0.497 e. The van der Waals surface area contributed by atoms with Crippen molar-refractivity contribution in [3.8, 4) is 5.75 Å². The number of methoxy groups -OCH3 is 1. The lowest BCUT2D eigenvalue weighted by atomic mass is 10.0. The Labute approximate surface area is 220 Å². The molecule has 0 aliphatic rings. The molecule has 184 valence electrons. The molecule has 0 saturated heterocycles. The summed E-state index contributed by atoms with van der Waals surface area (Å²) < 4.78 is 7.22. The summed E-state index contributed by atoms with van der Waals surface area (Å²) in [4.78, 5) is 4.77. The van der Waals surface area contributed by atoms with Gasteiger partial charge in [0.2, 0.25) is 0 Å². The molecule has 2 N–H and O–H groups in total. The molecular weight excluding hydrogens is 539 g/mol. The minimum absolute atomic E-state index is 0. The minimum Gasteiger partial charge on any atom is -0.497 e. The van der Waals surface area contributed by atoms with E-state index >= 15 is 0 Å². The number of nitrogens with one attached hydrogen (secondary N) is 2. The van der Waals surface area contributed by atoms with Crippen LogP contribution in [0.1, 0.15) is 54.5 Å². The average Bonchev–Trinajstić information content (AvgIpc) is 3.15. The molecule has 34 heavy (non-hydrogen) atoms. The number of guanidine groups is 1. The summed E-state index contributed by atoms with van der Waals surface area (Å²) >= 11 is 0. The third kappa shape index (κ3) is 8.30. The van der Waals surface area contributed by atoms with Crippen LogP contribution < -0.4 is 15.4 Å². The molecule has 3 aromatic rings. The molecule has 0 bridgehead atoms. The van der Waals surface area contributed by atoms with Crippen LogP contribution in [0.4, 0.5) is 0 Å². The maximum atomic E-state index is 5.24. The summed E-state index contributed by atoms with van der Waals surface area (Å²) in [6, 6.07) is 16.9. The van der Waals surface area contributed by atoms with Crippen LogP contribution in [0.2, 0.25) is 0 Å². The molecule has 1 heterocycles. The summed E-state index contributed by atoms with van der Waals surface area (Å²) in [5.74, 6) is 3.94. The monoisotopic (exact) mass is 576 g/mol. The molecule has 0 spiro atoms. The first-order valence-electron chi connectivity index (χ1n) is 11.5. The second-order valence-electron chi connectivity index (χ2n) is 8.52. The number of rotatable bonds is 10. The van der Waals surface area contributed by atoms with E-state index in [4.69, 9.17) is 9.73 Å². The van der Waals surface area contributed by atoms with E-state index in [9.17, 15) is 0 Å². The third-order valence-electron chi connectivity index (χ3n) is 5.76. The number of aliphatic imine (C=N–C) groups is 1. The van der Waals surface area contributed by atoms with Crippen LogP contribution in [0.5, 0.6) is 5.75 Å². The van der Waals surface area contributed by atoms with Gasteiger partial charge in [-0.1, -0.05) is 50.2 Å². The highest BCUT2D eigenvalue weighted by molar-refractivity contribution is 14.0. The fraction of sp³-hybridized carbons (Fsp3) is 0.423. The van der Waals surface area contributed by atoms with Gasteiger partial charge in [0, 0.05) is 13.6 Å². The zero-order valence-electron chi connectivity index (χ0n) is 20.8. The van der Waals surface area contributed by atoms with Gasteiger partial charge in [0.25, 0.3) is 0 Å². The topological polar surface area (TPSA) is 76.4 Å². The maximum absolute atomic E-state index is 5.24. The Morgan fingerprint density at radius 3 is 2.26 bits per heavy atom. The van der Waals surface area contributed by atoms with Crippen molar-refractivity contribution in [1.29, 1.82) is 0 Å². The molecule has 0 aliphatic carbocycles. The van der Waals surface area contributed by atoms with Gasteiger partial charge in [-0.05, 0) is 54.5 Å². The molecule has 0 aliphatic heterocycles. The molecule has 8 heteroatoms. The first-order valence-corrected chi connectivity index (χ1v) is 11.5. The van der Waals surface area contributed by atoms with Crippen LogP contribution in [-0.2, 0) is 26.6 Å². The van der Waals surface area contributed by atoms with Gasteiger partial charge in [0.15, 0.2) is 11.8 Å². The zero-order chi connectivity index (χ0) is 23.6. The minimum atomic E-state index is 0. The molecule has 0 amide bonds. The van der Waals surface area contributed by atoms with Crippen LogP contribution >= 0.6 is 24.0 Å². The predicted molar refractivity (Wildman–Crippen MR) is 149 cm³/mol. The highest BCUT2D eigenvalue weighted by atomic mass is 127. The Balaban J connectivity index is 0.00000408. The molecule has 0 radical (unpaired) electrons. The van der Waals surface area contributed by atoms with Crippen LogP contribution in [0.15, 0.2) is 53.5 Å². The van der Waals surface area contributed by atoms with Crippen LogP contribution in [-0.4, -0.2) is 34.4 Å². The molecule has 0 saturated carbocycles. The van der Waals surface area contributed by atoms with Crippen molar-refractivity contribution < 1.29 is 4.74 Å². The van der Waals surface area contributed by atoms with Crippen molar-refractivity contribution in [2.24, 2.45) is 12.0 Å². The normalized spacial score (nSPS) is 11.3. The van der Waals surface area contributed by atoms with E-state index in [1.165, 1.54) is 11.1 Å². The second-order valence-corrected chi connectivity index (χ2v) is 8.52. The maximum Gasteiger partial charge on any atom is 0.191 e. The molecule has 1 aromatic heterocycles. The van der Waals surface area contributed by atoms with E-state index in [-0.39, 0.29) is 24.0 Å². The predicted octanol–water partition coefficient (Wildman–Crippen LogP) is 4.74. The van der Waals surface area contributed by atoms with Crippen LogP contribution in [0.3, 0.4) is 0 Å². The standard InChI is InChI=1S/C26H36N6O.HI/c1-19(2)23-12-8-21(9-13-23)7-6-16-27-26(29-18-25-31-30-20(3)32(25)4)28-17-22-10-14-24(33-5)15-11-22;/h8-15,19H,6-7,16-18H2,1-5H3,(H2,27,28,29);1H. The highest BCUT2D eigenvalue weighted by Gasteiger charge is 2.07. The van der Waals surface area contributed by atoms with Crippen molar-refractivity contribution in [3.05, 3.63) is 76.9 Å². The Bertz CT molecular complexity index is 1030. The molecule has 0 fully saturated rings. The number of aromatic nitrogens is 3. The van der Waals surface area contributed by atoms with Gasteiger partial charge < -0.3 is 19.9 Å². The van der Waals surface area contributed by atoms with Crippen LogP contribution in [0.25, 0.3) is 0 Å². The Morgan fingerprint density at radius 2 is 1.68 bits per heavy atom. The number of hydrogen-bond acceptors (Lipinski definition) is 4. The number of halogens is 1. The van der Waals surface area contributed by atoms with Gasteiger partial charge in [-0.2, -0.15) is 0 Å². The lowest BCUT2D eigenvalue weighted by Crippen LogP contribution is -2.38. The van der Waals surface area contributed by atoms with Crippen LogP contribution in [0, 0.1) is 6.92 Å². The van der Waals surface area contributed by atoms with Crippen molar-refractivity contribution in [2.75, 3.05) is 13.7 Å². The van der Waals surface area contributed by atoms with Gasteiger partial charge in [0.1, 0.15) is 11.6 Å². The van der Waals surface area contributed by atoms with Crippen molar-refractivity contribution in [1.82, 2.24) is 25.4 Å². The average molecular weight is 577 g/mol. The number of hydrogen-bond donors (Lipinski definition) is 2. The molecule has 3 rings (SSSR count). The summed E-state index contributed by atoms with van der Waals surface area (Å²) in [7, 11) is 3.64. The van der Waals surface area contributed by atoms with Gasteiger partial charge in [-0.15, -0.1) is 34.2 Å². The van der Waals surface area contributed by atoms with Crippen molar-refractivity contribution in [3.63, 3.8) is 0 Å². The lowest BCUT2D eigenvalue weighted by Gasteiger charge is -2.13. The Morgan fingerprint density at radius 1 is 1.00 bits per heavy atom. The first kappa shape index (κ1) is 27.6. The summed E-state index contributed by atoms with van der Waals surface area (Å²) in [5, 5.41) is 15.2. The van der Waals surface area contributed by atoms with E-state index in [1.54, 1.807) is 7.11 Å². The second kappa shape index (κ2) is 13.9. The third-order valence-corrected chi connectivity index (χ3v) is 5.76. The van der Waals surface area contributed by atoms with Crippen molar-refractivity contribution >= 4 is 29.9 Å². The Hall–Kier alpha value is -2.62. The molecule has 7 nitrogen and oxygen atoms in total. The number of ether oxygens (including phenoxy) is 1. The van der Waals surface area contributed by atoms with Crippen molar-refractivity contribution in [2.45, 2.75) is 52.6 Å². The Kier molecular flexibility index (Phi) is 11.3. The highest BCUT2D eigenvalue weighted by Crippen LogP contribution is 2.15. The number of aryl methyl sites for hydroxylation is 2. The SMILES string of the molecule is COc1ccc(CN=C(NCCCc2ccc(C(C)C)cc2)NCc2nnc(C)n2C)cc1.I. The summed E-state index contributed by atoms with van der Waals surface area (Å²) in [6.07, 6.45) is 2.05. The van der Waals surface area contributed by atoms with Gasteiger partial charge in [-0.3, -0.25) is 0 Å². The first-order chi connectivity index (χ1) is 16.0. The number of benzene rings is 2. The number of nitrogens with zero attached hydrogens (tertiary/aromatic N) is 4. The van der Waals surface area contributed by atoms with E-state index in [0.717, 1.165) is 48.3 Å². The van der Waals surface area contributed by atoms with Gasteiger partial charge in [0.05, 0.1) is 20.2 Å². The van der Waals surface area contributed by atoms with Gasteiger partial charge in [-0.25, -0.2) is 4.99 Å². The molecule has 2 aromatic carbocycles. The summed E-state index contributed by atoms with van der Waals surface area (Å²) in [5.41, 5.74) is 3.87. The van der Waals surface area contributed by atoms with E-state index < -0.39 is 0 Å². The van der Waals surface area contributed by atoms with Gasteiger partial charge >= 0.3 is 0 Å². The fourth-order valence-corrected chi connectivity index (χ4v) is 3.41. The zero-order valence-corrected chi connectivity index (χ0v) is 23.2. The van der Waals surface area contributed by atoms with E-state index in [2.05, 4.69) is 58.9 Å². The fourth-order valence-electron chi connectivity index (χ4n) is 3.41. The van der Waals surface area contributed by atoms with E-state index in [0.29, 0.717) is 19.0 Å². The lowest BCUT2D eigenvalue weighted by molar-refractivity contribution is 0.414.